The van der Waals surface area contributed by atoms with Crippen LogP contribution in [0.1, 0.15) is 40.5 Å². The molecule has 0 aliphatic carbocycles. The Hall–Kier alpha value is -0.530. The highest BCUT2D eigenvalue weighted by Crippen LogP contribution is 2.06. The first-order valence-corrected chi connectivity index (χ1v) is 4.53. The summed E-state index contributed by atoms with van der Waals surface area (Å²) in [6, 6.07) is 0. The Labute approximate surface area is 69.7 Å². The molecule has 0 amide bonds. The highest BCUT2D eigenvalue weighted by Gasteiger charge is 2.09. The summed E-state index contributed by atoms with van der Waals surface area (Å²) in [5, 5.41) is 0. The highest BCUT2D eigenvalue weighted by molar-refractivity contribution is 5.76. The van der Waals surface area contributed by atoms with Crippen LogP contribution in [-0.4, -0.2) is 18.5 Å². The Morgan fingerprint density at radius 1 is 1.55 bits per heavy atom. The number of hydrogen-bond donors (Lipinski definition) is 0. The molecule has 1 heterocycles. The van der Waals surface area contributed by atoms with Crippen molar-refractivity contribution >= 4 is 5.90 Å². The van der Waals surface area contributed by atoms with E-state index in [1.165, 1.54) is 0 Å². The van der Waals surface area contributed by atoms with Crippen molar-refractivity contribution in [2.75, 3.05) is 6.54 Å². The Balaban J connectivity index is 0.000000461. The van der Waals surface area contributed by atoms with Gasteiger partial charge in [-0.15, -0.1) is 0 Å². The van der Waals surface area contributed by atoms with Crippen molar-refractivity contribution in [2.24, 2.45) is 4.99 Å². The summed E-state index contributed by atoms with van der Waals surface area (Å²) >= 11 is 0. The van der Waals surface area contributed by atoms with Crippen LogP contribution in [0.3, 0.4) is 0 Å². The molecule has 0 N–H and O–H groups in total. The number of nitrogens with zero attached hydrogens (tertiary/aromatic N) is 1. The zero-order chi connectivity index (χ0) is 8.69. The van der Waals surface area contributed by atoms with Crippen LogP contribution in [-0.2, 0) is 4.74 Å². The van der Waals surface area contributed by atoms with Gasteiger partial charge in [0.05, 0.1) is 6.10 Å². The van der Waals surface area contributed by atoms with Gasteiger partial charge in [-0.2, -0.15) is 0 Å². The summed E-state index contributed by atoms with van der Waals surface area (Å²) < 4.78 is 5.39. The molecule has 1 aliphatic heterocycles. The largest absolute Gasteiger partial charge is 0.478 e. The van der Waals surface area contributed by atoms with Crippen molar-refractivity contribution in [3.05, 3.63) is 0 Å². The van der Waals surface area contributed by atoms with Crippen molar-refractivity contribution in [1.82, 2.24) is 0 Å². The van der Waals surface area contributed by atoms with Crippen LogP contribution in [0.25, 0.3) is 0 Å². The van der Waals surface area contributed by atoms with E-state index in [0.717, 1.165) is 25.3 Å². The molecule has 66 valence electrons. The second-order valence-electron chi connectivity index (χ2n) is 2.35. The van der Waals surface area contributed by atoms with Gasteiger partial charge in [-0.1, -0.05) is 20.8 Å². The van der Waals surface area contributed by atoms with Crippen molar-refractivity contribution in [1.29, 1.82) is 0 Å². The zero-order valence-electron chi connectivity index (χ0n) is 8.05. The van der Waals surface area contributed by atoms with Crippen molar-refractivity contribution < 1.29 is 4.74 Å². The standard InChI is InChI=1S/C7H13NO.C2H6/c1-3-7-8-5-4-6(2)9-7;1-2/h6H,3-5H2,1-2H3;1-2H3. The lowest BCUT2D eigenvalue weighted by Gasteiger charge is -2.18. The number of aliphatic imine (C=N–C) groups is 1. The Bertz CT molecular complexity index is 121. The molecule has 1 atom stereocenters. The van der Waals surface area contributed by atoms with Gasteiger partial charge in [0.15, 0.2) is 5.90 Å². The molecular formula is C9H19NO. The first kappa shape index (κ1) is 10.5. The van der Waals surface area contributed by atoms with Crippen LogP contribution in [0.4, 0.5) is 0 Å². The smallest absolute Gasteiger partial charge is 0.183 e. The zero-order valence-corrected chi connectivity index (χ0v) is 8.05. The van der Waals surface area contributed by atoms with Crippen LogP contribution >= 0.6 is 0 Å². The molecule has 11 heavy (non-hydrogen) atoms. The lowest BCUT2D eigenvalue weighted by molar-refractivity contribution is 0.180. The molecule has 0 aromatic rings. The number of hydrogen-bond acceptors (Lipinski definition) is 2. The lowest BCUT2D eigenvalue weighted by atomic mass is 10.2. The minimum atomic E-state index is 0.387. The number of ether oxygens (including phenoxy) is 1. The molecule has 0 aromatic carbocycles. The molecule has 0 fully saturated rings. The van der Waals surface area contributed by atoms with Crippen molar-refractivity contribution in [3.63, 3.8) is 0 Å². The van der Waals surface area contributed by atoms with Gasteiger partial charge in [-0.05, 0) is 6.92 Å². The molecule has 1 aliphatic rings. The highest BCUT2D eigenvalue weighted by atomic mass is 16.5. The minimum absolute atomic E-state index is 0.387. The summed E-state index contributed by atoms with van der Waals surface area (Å²) in [6.45, 7) is 9.10. The average Bonchev–Trinajstić information content (AvgIpc) is 2.08. The molecule has 0 saturated carbocycles. The Kier molecular flexibility index (Phi) is 5.90. The van der Waals surface area contributed by atoms with E-state index in [9.17, 15) is 0 Å². The molecule has 0 bridgehead atoms. The van der Waals surface area contributed by atoms with Gasteiger partial charge in [-0.25, -0.2) is 0 Å². The van der Waals surface area contributed by atoms with Gasteiger partial charge in [0.2, 0.25) is 0 Å². The van der Waals surface area contributed by atoms with Gasteiger partial charge in [0, 0.05) is 19.4 Å². The van der Waals surface area contributed by atoms with Crippen LogP contribution in [0, 0.1) is 0 Å². The van der Waals surface area contributed by atoms with E-state index in [1.807, 2.05) is 13.8 Å². The number of rotatable bonds is 1. The molecule has 0 radical (unpaired) electrons. The molecule has 1 unspecified atom stereocenters. The summed E-state index contributed by atoms with van der Waals surface area (Å²) in [5.74, 6) is 0.925. The molecule has 1 rings (SSSR count). The molecule has 0 saturated heterocycles. The average molecular weight is 157 g/mol. The molecule has 2 heteroatoms. The Morgan fingerprint density at radius 2 is 2.18 bits per heavy atom. The van der Waals surface area contributed by atoms with E-state index in [1.54, 1.807) is 0 Å². The minimum Gasteiger partial charge on any atom is -0.478 e. The maximum atomic E-state index is 5.39. The van der Waals surface area contributed by atoms with Crippen LogP contribution < -0.4 is 0 Å². The van der Waals surface area contributed by atoms with Gasteiger partial charge in [0.25, 0.3) is 0 Å². The van der Waals surface area contributed by atoms with Gasteiger partial charge < -0.3 is 4.74 Å². The monoisotopic (exact) mass is 157 g/mol. The fourth-order valence-electron chi connectivity index (χ4n) is 0.895. The summed E-state index contributed by atoms with van der Waals surface area (Å²) in [6.07, 6.45) is 2.39. The van der Waals surface area contributed by atoms with E-state index < -0.39 is 0 Å². The first-order valence-electron chi connectivity index (χ1n) is 4.53. The SMILES string of the molecule is CC.CCC1=NCCC(C)O1. The van der Waals surface area contributed by atoms with Crippen LogP contribution in [0.15, 0.2) is 4.99 Å². The summed E-state index contributed by atoms with van der Waals surface area (Å²) in [5.41, 5.74) is 0. The third-order valence-corrected chi connectivity index (χ3v) is 1.46. The van der Waals surface area contributed by atoms with E-state index in [0.29, 0.717) is 6.10 Å². The lowest BCUT2D eigenvalue weighted by Crippen LogP contribution is -2.20. The summed E-state index contributed by atoms with van der Waals surface area (Å²) in [7, 11) is 0. The van der Waals surface area contributed by atoms with Crippen LogP contribution in [0.5, 0.6) is 0 Å². The predicted molar refractivity (Wildman–Crippen MR) is 49.1 cm³/mol. The fourth-order valence-corrected chi connectivity index (χ4v) is 0.895. The maximum Gasteiger partial charge on any atom is 0.183 e. The van der Waals surface area contributed by atoms with Gasteiger partial charge >= 0.3 is 0 Å². The molecule has 0 aromatic heterocycles. The van der Waals surface area contributed by atoms with Crippen molar-refractivity contribution in [3.8, 4) is 0 Å². The predicted octanol–water partition coefficient (Wildman–Crippen LogP) is 2.63. The third-order valence-electron chi connectivity index (χ3n) is 1.46. The second kappa shape index (κ2) is 6.20. The summed E-state index contributed by atoms with van der Waals surface area (Å²) in [4.78, 5) is 4.19. The van der Waals surface area contributed by atoms with Crippen LogP contribution in [0.2, 0.25) is 0 Å². The third kappa shape index (κ3) is 4.02. The van der Waals surface area contributed by atoms with E-state index >= 15 is 0 Å². The maximum absolute atomic E-state index is 5.39. The topological polar surface area (TPSA) is 21.6 Å². The molecule has 2 nitrogen and oxygen atoms in total. The first-order chi connectivity index (χ1) is 5.33. The normalized spacial score (nSPS) is 22.5. The van der Waals surface area contributed by atoms with Crippen molar-refractivity contribution in [2.45, 2.75) is 46.6 Å². The van der Waals surface area contributed by atoms with Gasteiger partial charge in [-0.3, -0.25) is 4.99 Å². The molecular weight excluding hydrogens is 138 g/mol. The quantitative estimate of drug-likeness (QED) is 0.573. The van der Waals surface area contributed by atoms with E-state index in [2.05, 4.69) is 18.8 Å². The van der Waals surface area contributed by atoms with E-state index in [-0.39, 0.29) is 0 Å². The second-order valence-corrected chi connectivity index (χ2v) is 2.35. The molecule has 0 spiro atoms. The fraction of sp³-hybridized carbons (Fsp3) is 0.889. The Morgan fingerprint density at radius 3 is 2.55 bits per heavy atom. The van der Waals surface area contributed by atoms with E-state index in [4.69, 9.17) is 4.74 Å². The van der Waals surface area contributed by atoms with Gasteiger partial charge in [0.1, 0.15) is 0 Å².